The maximum atomic E-state index is 12.0. The van der Waals surface area contributed by atoms with Crippen LogP contribution in [0.1, 0.15) is 16.7 Å². The molecule has 1 aliphatic rings. The van der Waals surface area contributed by atoms with Crippen LogP contribution in [0.3, 0.4) is 0 Å². The van der Waals surface area contributed by atoms with Gasteiger partial charge in [0.15, 0.2) is 5.70 Å². The van der Waals surface area contributed by atoms with Crippen LogP contribution in [0.5, 0.6) is 0 Å². The second-order valence-electron chi connectivity index (χ2n) is 5.83. The van der Waals surface area contributed by atoms with Crippen LogP contribution in [0.25, 0.3) is 6.08 Å². The van der Waals surface area contributed by atoms with E-state index in [-0.39, 0.29) is 23.0 Å². The van der Waals surface area contributed by atoms with E-state index in [1.807, 2.05) is 0 Å². The summed E-state index contributed by atoms with van der Waals surface area (Å²) < 4.78 is 5.12. The summed E-state index contributed by atoms with van der Waals surface area (Å²) in [7, 11) is 0. The standard InChI is InChI=1S/C19H13N3O6/c1-12-10-14(8-9-17(12)22(26)27)18-20-16(19(23)28-18)7-3-5-13-4-2-6-15(11-13)21(24)25/h2-11H,1H3/b5-3+,16-7-. The quantitative estimate of drug-likeness (QED) is 0.337. The van der Waals surface area contributed by atoms with Crippen LogP contribution in [0, 0.1) is 27.2 Å². The molecule has 0 spiro atoms. The predicted octanol–water partition coefficient (Wildman–Crippen LogP) is 3.71. The molecule has 0 unspecified atom stereocenters. The molecule has 0 bridgehead atoms. The zero-order valence-corrected chi connectivity index (χ0v) is 14.6. The number of ether oxygens (including phenoxy) is 1. The molecule has 0 aliphatic carbocycles. The highest BCUT2D eigenvalue weighted by atomic mass is 16.6. The number of nitro groups is 2. The topological polar surface area (TPSA) is 125 Å². The number of carbonyl (C=O) groups excluding carboxylic acids is 1. The van der Waals surface area contributed by atoms with E-state index in [1.54, 1.807) is 25.1 Å². The van der Waals surface area contributed by atoms with Crippen molar-refractivity contribution in [2.24, 2.45) is 4.99 Å². The van der Waals surface area contributed by atoms with E-state index in [4.69, 9.17) is 4.74 Å². The van der Waals surface area contributed by atoms with Crippen molar-refractivity contribution in [3.63, 3.8) is 0 Å². The summed E-state index contributed by atoms with van der Waals surface area (Å²) in [6.45, 7) is 1.58. The molecule has 0 atom stereocenters. The van der Waals surface area contributed by atoms with Gasteiger partial charge in [-0.2, -0.15) is 0 Å². The SMILES string of the molecule is Cc1cc(C2=N/C(=C\C=C\c3cccc([N+](=O)[O-])c3)C(=O)O2)ccc1[N+](=O)[O-]. The Morgan fingerprint density at radius 3 is 2.54 bits per heavy atom. The predicted molar refractivity (Wildman–Crippen MR) is 101 cm³/mol. The third kappa shape index (κ3) is 3.98. The minimum atomic E-state index is -0.658. The minimum absolute atomic E-state index is 0.0377. The number of nitro benzene ring substituents is 2. The first-order valence-corrected chi connectivity index (χ1v) is 8.04. The lowest BCUT2D eigenvalue weighted by Gasteiger charge is -2.01. The highest BCUT2D eigenvalue weighted by molar-refractivity contribution is 6.11. The van der Waals surface area contributed by atoms with Crippen molar-refractivity contribution in [1.29, 1.82) is 0 Å². The average molecular weight is 379 g/mol. The summed E-state index contributed by atoms with van der Waals surface area (Å²) in [5, 5.41) is 21.7. The van der Waals surface area contributed by atoms with Crippen LogP contribution in [-0.4, -0.2) is 21.7 Å². The van der Waals surface area contributed by atoms with Crippen molar-refractivity contribution in [2.45, 2.75) is 6.92 Å². The summed E-state index contributed by atoms with van der Waals surface area (Å²) in [5.74, 6) is -0.604. The first-order valence-electron chi connectivity index (χ1n) is 8.04. The summed E-state index contributed by atoms with van der Waals surface area (Å²) in [4.78, 5) is 36.8. The second kappa shape index (κ2) is 7.62. The van der Waals surface area contributed by atoms with Gasteiger partial charge in [-0.1, -0.05) is 24.3 Å². The van der Waals surface area contributed by atoms with E-state index in [0.717, 1.165) is 0 Å². The van der Waals surface area contributed by atoms with Gasteiger partial charge in [0, 0.05) is 29.3 Å². The van der Waals surface area contributed by atoms with E-state index >= 15 is 0 Å². The first-order chi connectivity index (χ1) is 13.3. The van der Waals surface area contributed by atoms with E-state index in [9.17, 15) is 25.0 Å². The Balaban J connectivity index is 1.82. The van der Waals surface area contributed by atoms with Crippen molar-refractivity contribution in [1.82, 2.24) is 0 Å². The van der Waals surface area contributed by atoms with E-state index in [1.165, 1.54) is 42.5 Å². The monoisotopic (exact) mass is 379 g/mol. The lowest BCUT2D eigenvalue weighted by Crippen LogP contribution is -2.06. The molecule has 0 aromatic heterocycles. The average Bonchev–Trinajstić information content (AvgIpc) is 3.02. The number of hydrogen-bond donors (Lipinski definition) is 0. The fraction of sp³-hybridized carbons (Fsp3) is 0.0526. The zero-order valence-electron chi connectivity index (χ0n) is 14.6. The molecule has 0 N–H and O–H groups in total. The third-order valence-electron chi connectivity index (χ3n) is 3.88. The van der Waals surface area contributed by atoms with Crippen LogP contribution in [0.4, 0.5) is 11.4 Å². The number of esters is 1. The van der Waals surface area contributed by atoms with Crippen molar-refractivity contribution in [2.75, 3.05) is 0 Å². The normalized spacial score (nSPS) is 15.0. The smallest absolute Gasteiger partial charge is 0.363 e. The van der Waals surface area contributed by atoms with Crippen molar-refractivity contribution < 1.29 is 19.4 Å². The van der Waals surface area contributed by atoms with Crippen LogP contribution < -0.4 is 0 Å². The van der Waals surface area contributed by atoms with E-state index < -0.39 is 15.8 Å². The maximum absolute atomic E-state index is 12.0. The van der Waals surface area contributed by atoms with Gasteiger partial charge >= 0.3 is 5.97 Å². The number of aliphatic imine (C=N–C) groups is 1. The van der Waals surface area contributed by atoms with Gasteiger partial charge in [-0.15, -0.1) is 0 Å². The van der Waals surface area contributed by atoms with Gasteiger partial charge in [0.05, 0.1) is 9.85 Å². The lowest BCUT2D eigenvalue weighted by molar-refractivity contribution is -0.385. The molecule has 9 nitrogen and oxygen atoms in total. The van der Waals surface area contributed by atoms with Gasteiger partial charge in [-0.3, -0.25) is 20.2 Å². The molecule has 140 valence electrons. The number of benzene rings is 2. The van der Waals surface area contributed by atoms with Crippen molar-refractivity contribution in [3.8, 4) is 0 Å². The fourth-order valence-electron chi connectivity index (χ4n) is 2.53. The Kier molecular flexibility index (Phi) is 5.07. The highest BCUT2D eigenvalue weighted by Gasteiger charge is 2.24. The molecule has 1 aliphatic heterocycles. The number of non-ortho nitro benzene ring substituents is 1. The zero-order chi connectivity index (χ0) is 20.3. The first kappa shape index (κ1) is 18.6. The number of nitrogens with zero attached hydrogens (tertiary/aromatic N) is 3. The number of aryl methyl sites for hydroxylation is 1. The van der Waals surface area contributed by atoms with Gasteiger partial charge < -0.3 is 4.74 Å². The van der Waals surface area contributed by atoms with Crippen molar-refractivity contribution >= 4 is 29.3 Å². The summed E-state index contributed by atoms with van der Waals surface area (Å²) in [6.07, 6.45) is 4.55. The fourth-order valence-corrected chi connectivity index (χ4v) is 2.53. The highest BCUT2D eigenvalue weighted by Crippen LogP contribution is 2.23. The molecule has 2 aromatic carbocycles. The number of cyclic esters (lactones) is 1. The van der Waals surface area contributed by atoms with E-state index in [0.29, 0.717) is 16.7 Å². The van der Waals surface area contributed by atoms with Gasteiger partial charge in [0.1, 0.15) is 0 Å². The number of allylic oxidation sites excluding steroid dienone is 2. The van der Waals surface area contributed by atoms with Crippen molar-refractivity contribution in [3.05, 3.63) is 97.2 Å². The second-order valence-corrected chi connectivity index (χ2v) is 5.83. The van der Waals surface area contributed by atoms with E-state index in [2.05, 4.69) is 4.99 Å². The molecule has 0 radical (unpaired) electrons. The Morgan fingerprint density at radius 2 is 1.86 bits per heavy atom. The Morgan fingerprint density at radius 1 is 1.07 bits per heavy atom. The van der Waals surface area contributed by atoms with Gasteiger partial charge in [-0.25, -0.2) is 9.79 Å². The van der Waals surface area contributed by atoms with Crippen LogP contribution in [-0.2, 0) is 9.53 Å². The Bertz CT molecular complexity index is 1080. The Labute approximate surface area is 158 Å². The van der Waals surface area contributed by atoms with Gasteiger partial charge in [0.25, 0.3) is 11.4 Å². The van der Waals surface area contributed by atoms with Crippen LogP contribution in [0.2, 0.25) is 0 Å². The minimum Gasteiger partial charge on any atom is -0.402 e. The molecule has 0 amide bonds. The molecule has 1 heterocycles. The molecule has 0 fully saturated rings. The number of hydrogen-bond acceptors (Lipinski definition) is 7. The maximum Gasteiger partial charge on any atom is 0.363 e. The third-order valence-corrected chi connectivity index (χ3v) is 3.88. The van der Waals surface area contributed by atoms with Crippen LogP contribution >= 0.6 is 0 Å². The lowest BCUT2D eigenvalue weighted by atomic mass is 10.1. The molecular weight excluding hydrogens is 366 g/mol. The van der Waals surface area contributed by atoms with Crippen LogP contribution in [0.15, 0.2) is 65.3 Å². The molecule has 28 heavy (non-hydrogen) atoms. The molecular formula is C19H13N3O6. The largest absolute Gasteiger partial charge is 0.402 e. The molecule has 2 aromatic rings. The Hall–Kier alpha value is -4.14. The number of carbonyl (C=O) groups is 1. The summed E-state index contributed by atoms with van der Waals surface area (Å²) in [6, 6.07) is 10.3. The molecule has 0 saturated heterocycles. The molecule has 0 saturated carbocycles. The molecule has 3 rings (SSSR count). The number of rotatable bonds is 5. The summed E-state index contributed by atoms with van der Waals surface area (Å²) >= 11 is 0. The van der Waals surface area contributed by atoms with Gasteiger partial charge in [0.2, 0.25) is 5.90 Å². The molecule has 9 heteroatoms. The van der Waals surface area contributed by atoms with Gasteiger partial charge in [-0.05, 0) is 30.7 Å². The summed E-state index contributed by atoms with van der Waals surface area (Å²) in [5.41, 5.74) is 1.43.